The zero-order valence-electron chi connectivity index (χ0n) is 18.1. The molecule has 11 atom stereocenters. The van der Waals surface area contributed by atoms with Crippen LogP contribution in [0.5, 0.6) is 5.75 Å². The van der Waals surface area contributed by atoms with Gasteiger partial charge in [-0.3, -0.25) is 0 Å². The highest BCUT2D eigenvalue weighted by atomic mass is 16.7. The summed E-state index contributed by atoms with van der Waals surface area (Å²) in [5.41, 5.74) is 0.783. The van der Waals surface area contributed by atoms with E-state index in [-0.39, 0.29) is 18.2 Å². The van der Waals surface area contributed by atoms with Crippen molar-refractivity contribution >= 4 is 0 Å². The van der Waals surface area contributed by atoms with Gasteiger partial charge in [0, 0.05) is 12.0 Å². The number of nitrogens with one attached hydrogen (secondary N) is 1. The predicted molar refractivity (Wildman–Crippen MR) is 111 cm³/mol. The van der Waals surface area contributed by atoms with E-state index in [4.69, 9.17) is 14.2 Å². The van der Waals surface area contributed by atoms with Crippen LogP contribution in [0, 0.1) is 5.92 Å². The van der Waals surface area contributed by atoms with Crippen molar-refractivity contribution in [3.63, 3.8) is 0 Å². The molecular weight excluding hydrogens is 442 g/mol. The van der Waals surface area contributed by atoms with E-state index >= 15 is 0 Å². The van der Waals surface area contributed by atoms with Crippen LogP contribution in [0.3, 0.4) is 0 Å². The molecule has 2 aliphatic rings. The number of hydrogen-bond donors (Lipinski definition) is 9. The van der Waals surface area contributed by atoms with Crippen LogP contribution in [0.25, 0.3) is 0 Å². The SMILES string of the molecule is CNC(C[C@@H]1[C@@H](O)[C@H](O[C@@H]2O[C@H](CO)[C@H](O)[C@H](O)[C@H]2O)[C@@H](CO)O[C@@H]1O)c1ccc(O)cc1. The molecule has 1 aromatic carbocycles. The molecule has 2 saturated heterocycles. The molecule has 0 amide bonds. The maximum Gasteiger partial charge on any atom is 0.187 e. The number of aliphatic hydroxyl groups excluding tert-OH is 7. The maximum atomic E-state index is 11.1. The summed E-state index contributed by atoms with van der Waals surface area (Å²) in [5, 5.41) is 83.4. The van der Waals surface area contributed by atoms with Crippen LogP contribution in [0.4, 0.5) is 0 Å². The number of aromatic hydroxyl groups is 1. The molecular formula is C21H33NO11. The maximum absolute atomic E-state index is 11.1. The Hall–Kier alpha value is -1.42. The van der Waals surface area contributed by atoms with Gasteiger partial charge in [0.1, 0.15) is 42.4 Å². The van der Waals surface area contributed by atoms with Gasteiger partial charge in [0.2, 0.25) is 0 Å². The second kappa shape index (κ2) is 11.3. The Morgan fingerprint density at radius 3 is 2.09 bits per heavy atom. The Balaban J connectivity index is 1.77. The molecule has 188 valence electrons. The van der Waals surface area contributed by atoms with Crippen LogP contribution in [0.2, 0.25) is 0 Å². The van der Waals surface area contributed by atoms with Gasteiger partial charge < -0.3 is 60.4 Å². The quantitative estimate of drug-likeness (QED) is 0.184. The van der Waals surface area contributed by atoms with E-state index in [0.717, 1.165) is 5.56 Å². The number of rotatable bonds is 8. The summed E-state index contributed by atoms with van der Waals surface area (Å²) in [7, 11) is 1.69. The molecule has 1 unspecified atom stereocenters. The molecule has 2 heterocycles. The second-order valence-corrected chi connectivity index (χ2v) is 8.37. The topological polar surface area (TPSA) is 202 Å². The van der Waals surface area contributed by atoms with Crippen molar-refractivity contribution in [2.75, 3.05) is 20.3 Å². The lowest BCUT2D eigenvalue weighted by molar-refractivity contribution is -0.351. The highest BCUT2D eigenvalue weighted by molar-refractivity contribution is 5.28. The van der Waals surface area contributed by atoms with Crippen LogP contribution in [0.15, 0.2) is 24.3 Å². The molecule has 9 N–H and O–H groups in total. The van der Waals surface area contributed by atoms with Crippen molar-refractivity contribution in [3.05, 3.63) is 29.8 Å². The van der Waals surface area contributed by atoms with Crippen LogP contribution in [-0.2, 0) is 14.2 Å². The van der Waals surface area contributed by atoms with Gasteiger partial charge in [-0.15, -0.1) is 0 Å². The molecule has 0 aromatic heterocycles. The monoisotopic (exact) mass is 475 g/mol. The van der Waals surface area contributed by atoms with Crippen LogP contribution in [-0.4, -0.2) is 116 Å². The van der Waals surface area contributed by atoms with Crippen LogP contribution < -0.4 is 5.32 Å². The minimum absolute atomic E-state index is 0.0912. The summed E-state index contributed by atoms with van der Waals surface area (Å²) in [5.74, 6) is -0.803. The highest BCUT2D eigenvalue weighted by Crippen LogP contribution is 2.35. The Kier molecular flexibility index (Phi) is 9.00. The van der Waals surface area contributed by atoms with Crippen LogP contribution in [0.1, 0.15) is 18.0 Å². The number of ether oxygens (including phenoxy) is 3. The molecule has 12 nitrogen and oxygen atoms in total. The summed E-state index contributed by atoms with van der Waals surface area (Å²) in [4.78, 5) is 0. The third-order valence-corrected chi connectivity index (χ3v) is 6.29. The number of hydrogen-bond acceptors (Lipinski definition) is 12. The standard InChI is InChI=1S/C21H33NO11/c1-22-12(9-2-4-10(25)5-3-9)6-11-15(26)19(14(8-24)31-20(11)30)33-21-18(29)17(28)16(27)13(7-23)32-21/h2-5,11-30H,6-8H2,1H3/t11-,12?,13-,14-,15-,16+,17+,18-,19-,20+,21+/m1/s1. The van der Waals surface area contributed by atoms with Crippen molar-refractivity contribution in [2.24, 2.45) is 5.92 Å². The number of benzene rings is 1. The normalized spacial score (nSPS) is 40.5. The fourth-order valence-corrected chi connectivity index (χ4v) is 4.29. The molecule has 33 heavy (non-hydrogen) atoms. The van der Waals surface area contributed by atoms with Gasteiger partial charge in [0.15, 0.2) is 12.6 Å². The molecule has 2 fully saturated rings. The van der Waals surface area contributed by atoms with E-state index in [0.29, 0.717) is 0 Å². The van der Waals surface area contributed by atoms with Gasteiger partial charge in [-0.1, -0.05) is 12.1 Å². The molecule has 12 heteroatoms. The first-order valence-corrected chi connectivity index (χ1v) is 10.8. The number of phenols is 1. The van der Waals surface area contributed by atoms with Gasteiger partial charge in [-0.2, -0.15) is 0 Å². The lowest BCUT2D eigenvalue weighted by Crippen LogP contribution is -2.63. The largest absolute Gasteiger partial charge is 0.508 e. The molecule has 0 bridgehead atoms. The zero-order chi connectivity index (χ0) is 24.3. The van der Waals surface area contributed by atoms with Crippen molar-refractivity contribution in [1.82, 2.24) is 5.32 Å². The summed E-state index contributed by atoms with van der Waals surface area (Å²) >= 11 is 0. The minimum Gasteiger partial charge on any atom is -0.508 e. The number of phenolic OH excluding ortho intramolecular Hbond substituents is 1. The summed E-state index contributed by atoms with van der Waals surface area (Å²) < 4.78 is 16.5. The van der Waals surface area contributed by atoms with Gasteiger partial charge in [0.25, 0.3) is 0 Å². The van der Waals surface area contributed by atoms with E-state index in [2.05, 4.69) is 5.32 Å². The van der Waals surface area contributed by atoms with Crippen molar-refractivity contribution in [3.8, 4) is 5.75 Å². The van der Waals surface area contributed by atoms with Crippen LogP contribution >= 0.6 is 0 Å². The fraction of sp³-hybridized carbons (Fsp3) is 0.714. The lowest BCUT2D eigenvalue weighted by Gasteiger charge is -2.46. The van der Waals surface area contributed by atoms with E-state index in [1.807, 2.05) is 0 Å². The molecule has 2 aliphatic heterocycles. The van der Waals surface area contributed by atoms with Crippen molar-refractivity contribution in [2.45, 2.75) is 67.8 Å². The first kappa shape index (κ1) is 26.2. The fourth-order valence-electron chi connectivity index (χ4n) is 4.29. The Bertz CT molecular complexity index is 735. The van der Waals surface area contributed by atoms with Gasteiger partial charge in [-0.25, -0.2) is 0 Å². The smallest absolute Gasteiger partial charge is 0.187 e. The summed E-state index contributed by atoms with van der Waals surface area (Å²) in [6.45, 7) is -1.29. The zero-order valence-corrected chi connectivity index (χ0v) is 18.1. The first-order chi connectivity index (χ1) is 15.7. The summed E-state index contributed by atoms with van der Waals surface area (Å²) in [6, 6.07) is 6.06. The molecule has 0 aliphatic carbocycles. The average Bonchev–Trinajstić information content (AvgIpc) is 2.81. The lowest BCUT2D eigenvalue weighted by atomic mass is 9.84. The van der Waals surface area contributed by atoms with Gasteiger partial charge in [0.05, 0.1) is 19.3 Å². The van der Waals surface area contributed by atoms with Crippen molar-refractivity contribution < 1.29 is 55.1 Å². The van der Waals surface area contributed by atoms with E-state index in [1.54, 1.807) is 19.2 Å². The average molecular weight is 475 g/mol. The Labute approximate surface area is 190 Å². The van der Waals surface area contributed by atoms with Crippen molar-refractivity contribution in [1.29, 1.82) is 0 Å². The molecule has 0 spiro atoms. The number of aliphatic hydroxyl groups is 7. The highest BCUT2D eigenvalue weighted by Gasteiger charge is 2.50. The van der Waals surface area contributed by atoms with E-state index < -0.39 is 74.4 Å². The Morgan fingerprint density at radius 1 is 0.879 bits per heavy atom. The second-order valence-electron chi connectivity index (χ2n) is 8.37. The molecule has 0 radical (unpaired) electrons. The third-order valence-electron chi connectivity index (χ3n) is 6.29. The van der Waals surface area contributed by atoms with E-state index in [9.17, 15) is 40.9 Å². The van der Waals surface area contributed by atoms with Gasteiger partial charge >= 0.3 is 0 Å². The first-order valence-electron chi connectivity index (χ1n) is 10.8. The summed E-state index contributed by atoms with van der Waals surface area (Å²) in [6.07, 6.45) is -12.8. The predicted octanol–water partition coefficient (Wildman–Crippen LogP) is -3.09. The third kappa shape index (κ3) is 5.63. The van der Waals surface area contributed by atoms with E-state index in [1.165, 1.54) is 12.1 Å². The molecule has 1 aromatic rings. The minimum atomic E-state index is -1.71. The molecule has 0 saturated carbocycles. The van der Waals surface area contributed by atoms with Gasteiger partial charge in [-0.05, 0) is 31.2 Å². The molecule has 3 rings (SSSR count). The Morgan fingerprint density at radius 2 is 1.52 bits per heavy atom.